The monoisotopic (exact) mass is 538 g/mol. The van der Waals surface area contributed by atoms with Crippen molar-refractivity contribution in [3.05, 3.63) is 139 Å². The van der Waals surface area contributed by atoms with Crippen molar-refractivity contribution in [1.82, 2.24) is 9.55 Å². The molecule has 1 fully saturated rings. The third kappa shape index (κ3) is 4.00. The first-order chi connectivity index (χ1) is 19.7. The number of rotatable bonds is 5. The predicted octanol–water partition coefficient (Wildman–Crippen LogP) is 7.13. The Bertz CT molecular complexity index is 1820. The highest BCUT2D eigenvalue weighted by Gasteiger charge is 2.43. The number of hydrogen-bond donors (Lipinski definition) is 0. The fraction of sp³-hybridized carbons (Fsp3) is 0. The zero-order chi connectivity index (χ0) is 27.1. The van der Waals surface area contributed by atoms with Crippen LogP contribution in [0.25, 0.3) is 32.7 Å². The average molecular weight is 539 g/mol. The van der Waals surface area contributed by atoms with Gasteiger partial charge in [0.25, 0.3) is 11.8 Å². The summed E-state index contributed by atoms with van der Waals surface area (Å²) in [4.78, 5) is 32.8. The number of fused-ring (bicyclic) bond motifs is 1. The van der Waals surface area contributed by atoms with E-state index in [0.717, 1.165) is 26.6 Å². The molecule has 0 saturated carbocycles. The second-order valence-corrected chi connectivity index (χ2v) is 10.3. The Morgan fingerprint density at radius 3 is 1.60 bits per heavy atom. The van der Waals surface area contributed by atoms with Gasteiger partial charge in [0.05, 0.1) is 21.8 Å². The molecule has 4 aromatic carbocycles. The lowest BCUT2D eigenvalue weighted by Crippen LogP contribution is -2.41. The van der Waals surface area contributed by atoms with Crippen molar-refractivity contribution in [2.45, 2.75) is 0 Å². The molecule has 1 aliphatic rings. The topological polar surface area (TPSA) is 58.4 Å². The summed E-state index contributed by atoms with van der Waals surface area (Å²) in [7, 11) is 0. The number of benzene rings is 4. The molecule has 0 aliphatic carbocycles. The minimum Gasteiger partial charge on any atom is -0.294 e. The summed E-state index contributed by atoms with van der Waals surface area (Å²) in [6, 6.07) is 40.4. The molecule has 2 amide bonds. The summed E-state index contributed by atoms with van der Waals surface area (Å²) < 4.78 is 2.97. The lowest BCUT2D eigenvalue weighted by atomic mass is 10.2. The van der Waals surface area contributed by atoms with Crippen LogP contribution >= 0.6 is 11.3 Å². The van der Waals surface area contributed by atoms with Gasteiger partial charge in [0.2, 0.25) is 0 Å². The SMILES string of the molecule is O=C1C(=Cc2cc3sc(-c4ccccc4)nc3n2-c2ccccc2)C(=O)N(c2ccccc2)N1c1ccccc1. The fourth-order valence-electron chi connectivity index (χ4n) is 4.93. The molecule has 192 valence electrons. The third-order valence-corrected chi connectivity index (χ3v) is 7.80. The van der Waals surface area contributed by atoms with Gasteiger partial charge in [-0.15, -0.1) is 11.3 Å². The van der Waals surface area contributed by atoms with Gasteiger partial charge >= 0.3 is 0 Å². The summed E-state index contributed by atoms with van der Waals surface area (Å²) in [6.45, 7) is 0. The zero-order valence-electron chi connectivity index (χ0n) is 21.2. The van der Waals surface area contributed by atoms with E-state index in [1.807, 2.05) is 132 Å². The second kappa shape index (κ2) is 9.80. The Morgan fingerprint density at radius 1 is 0.600 bits per heavy atom. The number of anilines is 2. The lowest BCUT2D eigenvalue weighted by Gasteiger charge is -2.27. The maximum Gasteiger partial charge on any atom is 0.283 e. The number of carbonyl (C=O) groups excluding carboxylic acids is 2. The third-order valence-electron chi connectivity index (χ3n) is 6.76. The van der Waals surface area contributed by atoms with Crippen LogP contribution in [0.5, 0.6) is 0 Å². The van der Waals surface area contributed by atoms with E-state index < -0.39 is 0 Å². The Kier molecular flexibility index (Phi) is 5.83. The molecule has 0 N–H and O–H groups in total. The lowest BCUT2D eigenvalue weighted by molar-refractivity contribution is -0.116. The van der Waals surface area contributed by atoms with Crippen molar-refractivity contribution in [3.8, 4) is 16.3 Å². The van der Waals surface area contributed by atoms with E-state index in [-0.39, 0.29) is 17.4 Å². The molecule has 6 aromatic rings. The molecular formula is C33H22N4O2S. The van der Waals surface area contributed by atoms with Crippen LogP contribution in [0.4, 0.5) is 11.4 Å². The summed E-state index contributed by atoms with van der Waals surface area (Å²) in [5.41, 5.74) is 4.73. The summed E-state index contributed by atoms with van der Waals surface area (Å²) in [5, 5.41) is 3.79. The molecule has 0 unspecified atom stereocenters. The van der Waals surface area contributed by atoms with Gasteiger partial charge in [-0.3, -0.25) is 14.2 Å². The van der Waals surface area contributed by atoms with Gasteiger partial charge in [0.1, 0.15) is 10.6 Å². The normalized spacial score (nSPS) is 13.4. The van der Waals surface area contributed by atoms with Gasteiger partial charge in [-0.05, 0) is 48.5 Å². The van der Waals surface area contributed by atoms with E-state index in [9.17, 15) is 9.59 Å². The summed E-state index contributed by atoms with van der Waals surface area (Å²) in [6.07, 6.45) is 1.69. The van der Waals surface area contributed by atoms with Gasteiger partial charge in [0, 0.05) is 11.3 Å². The summed E-state index contributed by atoms with van der Waals surface area (Å²) >= 11 is 1.58. The predicted molar refractivity (Wildman–Crippen MR) is 160 cm³/mol. The minimum absolute atomic E-state index is 0.0818. The minimum atomic E-state index is -0.387. The van der Waals surface area contributed by atoms with Crippen LogP contribution in [0, 0.1) is 0 Å². The molecular weight excluding hydrogens is 516 g/mol. The maximum atomic E-state index is 13.9. The van der Waals surface area contributed by atoms with Crippen LogP contribution in [0.1, 0.15) is 5.69 Å². The van der Waals surface area contributed by atoms with Crippen molar-refractivity contribution in [1.29, 1.82) is 0 Å². The van der Waals surface area contributed by atoms with Crippen LogP contribution < -0.4 is 10.0 Å². The first kappa shape index (κ1) is 23.8. The van der Waals surface area contributed by atoms with E-state index >= 15 is 0 Å². The van der Waals surface area contributed by atoms with E-state index in [2.05, 4.69) is 0 Å². The van der Waals surface area contributed by atoms with Crippen LogP contribution in [0.15, 0.2) is 133 Å². The van der Waals surface area contributed by atoms with E-state index in [1.165, 1.54) is 10.0 Å². The standard InChI is InChI=1S/C33H22N4O2S/c38-32-28(33(39)37(26-19-11-4-12-20-26)36(32)25-17-9-3-10-18-25)21-27-22-29-30(35(27)24-15-7-2-8-16-24)34-31(40-29)23-13-5-1-6-14-23/h1-22H. The molecule has 0 atom stereocenters. The molecule has 1 aliphatic heterocycles. The zero-order valence-corrected chi connectivity index (χ0v) is 22.0. The second-order valence-electron chi connectivity index (χ2n) is 9.28. The largest absolute Gasteiger partial charge is 0.294 e. The molecule has 0 radical (unpaired) electrons. The number of hydrogen-bond acceptors (Lipinski definition) is 4. The Hall–Kier alpha value is -5.27. The highest BCUT2D eigenvalue weighted by atomic mass is 32.1. The number of carbonyl (C=O) groups is 2. The quantitative estimate of drug-likeness (QED) is 0.173. The van der Waals surface area contributed by atoms with Crippen molar-refractivity contribution >= 4 is 50.9 Å². The molecule has 0 bridgehead atoms. The van der Waals surface area contributed by atoms with Crippen molar-refractivity contribution in [3.63, 3.8) is 0 Å². The molecule has 2 aromatic heterocycles. The number of amides is 2. The number of aromatic nitrogens is 2. The van der Waals surface area contributed by atoms with Gasteiger partial charge in [-0.1, -0.05) is 84.9 Å². The first-order valence-corrected chi connectivity index (χ1v) is 13.6. The van der Waals surface area contributed by atoms with E-state index in [0.29, 0.717) is 17.1 Å². The molecule has 40 heavy (non-hydrogen) atoms. The van der Waals surface area contributed by atoms with Crippen molar-refractivity contribution < 1.29 is 9.59 Å². The van der Waals surface area contributed by atoms with Crippen LogP contribution in [-0.4, -0.2) is 21.4 Å². The average Bonchev–Trinajstić information content (AvgIpc) is 3.64. The van der Waals surface area contributed by atoms with Gasteiger partial charge in [-0.25, -0.2) is 15.0 Å². The van der Waals surface area contributed by atoms with Gasteiger partial charge in [-0.2, -0.15) is 0 Å². The maximum absolute atomic E-state index is 13.9. The van der Waals surface area contributed by atoms with Gasteiger partial charge in [0.15, 0.2) is 5.65 Å². The van der Waals surface area contributed by atoms with Crippen molar-refractivity contribution in [2.75, 3.05) is 10.0 Å². The first-order valence-electron chi connectivity index (χ1n) is 12.8. The Balaban J connectivity index is 1.40. The van der Waals surface area contributed by atoms with Crippen molar-refractivity contribution in [2.24, 2.45) is 0 Å². The number of hydrazine groups is 1. The highest BCUT2D eigenvalue weighted by molar-refractivity contribution is 7.21. The molecule has 1 saturated heterocycles. The molecule has 0 spiro atoms. The van der Waals surface area contributed by atoms with Crippen LogP contribution in [0.3, 0.4) is 0 Å². The fourth-order valence-corrected chi connectivity index (χ4v) is 5.94. The van der Waals surface area contributed by atoms with E-state index in [4.69, 9.17) is 4.98 Å². The number of nitrogens with zero attached hydrogens (tertiary/aromatic N) is 4. The molecule has 3 heterocycles. The number of thiazole rings is 1. The number of para-hydroxylation sites is 3. The van der Waals surface area contributed by atoms with Gasteiger partial charge < -0.3 is 0 Å². The van der Waals surface area contributed by atoms with Crippen LogP contribution in [0.2, 0.25) is 0 Å². The molecule has 7 heteroatoms. The highest BCUT2D eigenvalue weighted by Crippen LogP contribution is 2.37. The van der Waals surface area contributed by atoms with Crippen LogP contribution in [-0.2, 0) is 9.59 Å². The van der Waals surface area contributed by atoms with E-state index in [1.54, 1.807) is 17.4 Å². The molecule has 6 nitrogen and oxygen atoms in total. The Labute approximate surface area is 234 Å². The molecule has 7 rings (SSSR count). The Morgan fingerprint density at radius 2 is 1.07 bits per heavy atom. The smallest absolute Gasteiger partial charge is 0.283 e. The summed E-state index contributed by atoms with van der Waals surface area (Å²) in [5.74, 6) is -0.774.